The molecule has 1 saturated carbocycles. The van der Waals surface area contributed by atoms with Crippen LogP contribution in [0.15, 0.2) is 18.5 Å². The molecule has 0 aromatic carbocycles. The van der Waals surface area contributed by atoms with Crippen molar-refractivity contribution < 1.29 is 4.74 Å². The molecule has 4 heteroatoms. The maximum atomic E-state index is 6.17. The SMILES string of the molecule is CCOC(C1CC1)C(Cc1ccncc1Cl)NC. The van der Waals surface area contributed by atoms with E-state index in [0.717, 1.165) is 23.6 Å². The summed E-state index contributed by atoms with van der Waals surface area (Å²) in [6.07, 6.45) is 7.25. The van der Waals surface area contributed by atoms with Crippen molar-refractivity contribution >= 4 is 11.6 Å². The summed E-state index contributed by atoms with van der Waals surface area (Å²) in [5.41, 5.74) is 1.14. The third kappa shape index (κ3) is 3.44. The minimum atomic E-state index is 0.296. The lowest BCUT2D eigenvalue weighted by molar-refractivity contribution is 0.0211. The molecule has 0 saturated heterocycles. The van der Waals surface area contributed by atoms with E-state index in [1.165, 1.54) is 12.8 Å². The van der Waals surface area contributed by atoms with Gasteiger partial charge in [-0.15, -0.1) is 0 Å². The van der Waals surface area contributed by atoms with Crippen LogP contribution in [0, 0.1) is 5.92 Å². The van der Waals surface area contributed by atoms with E-state index in [4.69, 9.17) is 16.3 Å². The summed E-state index contributed by atoms with van der Waals surface area (Å²) in [5.74, 6) is 0.711. The summed E-state index contributed by atoms with van der Waals surface area (Å²) >= 11 is 6.17. The van der Waals surface area contributed by atoms with Crippen LogP contribution in [-0.2, 0) is 11.2 Å². The predicted octanol–water partition coefficient (Wildman–Crippen LogP) is 2.68. The van der Waals surface area contributed by atoms with Crippen LogP contribution in [0.2, 0.25) is 5.02 Å². The molecule has 1 aromatic heterocycles. The molecule has 2 unspecified atom stereocenters. The van der Waals surface area contributed by atoms with Gasteiger partial charge in [0.05, 0.1) is 11.1 Å². The van der Waals surface area contributed by atoms with Crippen molar-refractivity contribution in [3.05, 3.63) is 29.0 Å². The number of ether oxygens (including phenoxy) is 1. The number of rotatable bonds is 7. The fourth-order valence-corrected chi connectivity index (χ4v) is 2.58. The summed E-state index contributed by atoms with van der Waals surface area (Å²) in [4.78, 5) is 4.02. The molecule has 18 heavy (non-hydrogen) atoms. The number of nitrogens with one attached hydrogen (secondary N) is 1. The minimum Gasteiger partial charge on any atom is -0.377 e. The summed E-state index contributed by atoms with van der Waals surface area (Å²) in [7, 11) is 1.99. The molecule has 0 amide bonds. The normalized spacial score (nSPS) is 18.6. The fourth-order valence-electron chi connectivity index (χ4n) is 2.39. The van der Waals surface area contributed by atoms with Gasteiger partial charge in [0.1, 0.15) is 0 Å². The topological polar surface area (TPSA) is 34.1 Å². The molecule has 3 nitrogen and oxygen atoms in total. The summed E-state index contributed by atoms with van der Waals surface area (Å²) in [6, 6.07) is 2.31. The Labute approximate surface area is 114 Å². The summed E-state index contributed by atoms with van der Waals surface area (Å²) in [5, 5.41) is 4.12. The number of aromatic nitrogens is 1. The van der Waals surface area contributed by atoms with Gasteiger partial charge in [0.25, 0.3) is 0 Å². The van der Waals surface area contributed by atoms with E-state index in [0.29, 0.717) is 18.1 Å². The molecule has 0 radical (unpaired) electrons. The van der Waals surface area contributed by atoms with Crippen LogP contribution in [0.25, 0.3) is 0 Å². The first kappa shape index (κ1) is 13.8. The van der Waals surface area contributed by atoms with Crippen molar-refractivity contribution in [1.29, 1.82) is 0 Å². The molecular formula is C14H21ClN2O. The lowest BCUT2D eigenvalue weighted by Gasteiger charge is -2.27. The molecule has 0 bridgehead atoms. The van der Waals surface area contributed by atoms with Crippen molar-refractivity contribution in [2.45, 2.75) is 38.3 Å². The van der Waals surface area contributed by atoms with E-state index in [1.54, 1.807) is 12.4 Å². The van der Waals surface area contributed by atoms with Gasteiger partial charge in [-0.05, 0) is 50.8 Å². The quantitative estimate of drug-likeness (QED) is 0.826. The molecule has 1 N–H and O–H groups in total. The monoisotopic (exact) mass is 268 g/mol. The summed E-state index contributed by atoms with van der Waals surface area (Å²) < 4.78 is 5.91. The van der Waals surface area contributed by atoms with Crippen molar-refractivity contribution in [3.8, 4) is 0 Å². The molecule has 100 valence electrons. The number of hydrogen-bond donors (Lipinski definition) is 1. The van der Waals surface area contributed by atoms with Crippen LogP contribution >= 0.6 is 11.6 Å². The van der Waals surface area contributed by atoms with Crippen molar-refractivity contribution in [2.75, 3.05) is 13.7 Å². The Morgan fingerprint density at radius 2 is 2.33 bits per heavy atom. The smallest absolute Gasteiger partial charge is 0.0759 e. The van der Waals surface area contributed by atoms with Crippen LogP contribution in [0.4, 0.5) is 0 Å². The molecule has 1 aromatic rings. The molecule has 1 aliphatic carbocycles. The third-order valence-electron chi connectivity index (χ3n) is 3.51. The first-order chi connectivity index (χ1) is 8.76. The van der Waals surface area contributed by atoms with E-state index in [9.17, 15) is 0 Å². The fraction of sp³-hybridized carbons (Fsp3) is 0.643. The maximum Gasteiger partial charge on any atom is 0.0759 e. The van der Waals surface area contributed by atoms with Crippen molar-refractivity contribution in [2.24, 2.45) is 5.92 Å². The van der Waals surface area contributed by atoms with Crippen molar-refractivity contribution in [1.82, 2.24) is 10.3 Å². The van der Waals surface area contributed by atoms with Gasteiger partial charge in [-0.3, -0.25) is 4.98 Å². The van der Waals surface area contributed by atoms with E-state index >= 15 is 0 Å². The minimum absolute atomic E-state index is 0.296. The van der Waals surface area contributed by atoms with Crippen molar-refractivity contribution in [3.63, 3.8) is 0 Å². The number of hydrogen-bond acceptors (Lipinski definition) is 3. The van der Waals surface area contributed by atoms with E-state index in [-0.39, 0.29) is 0 Å². The van der Waals surface area contributed by atoms with Crippen LogP contribution in [0.1, 0.15) is 25.3 Å². The van der Waals surface area contributed by atoms with Gasteiger partial charge >= 0.3 is 0 Å². The predicted molar refractivity (Wildman–Crippen MR) is 73.9 cm³/mol. The standard InChI is InChI=1S/C14H21ClN2O/c1-3-18-14(10-4-5-10)13(16-2)8-11-6-7-17-9-12(11)15/h6-7,9-10,13-14,16H,3-5,8H2,1-2H3. The Kier molecular flexibility index (Phi) is 4.98. The highest BCUT2D eigenvalue weighted by atomic mass is 35.5. The Hall–Kier alpha value is -0.640. The number of likely N-dealkylation sites (N-methyl/N-ethyl adjacent to an activating group) is 1. The highest BCUT2D eigenvalue weighted by molar-refractivity contribution is 6.31. The number of nitrogens with zero attached hydrogens (tertiary/aromatic N) is 1. The van der Waals surface area contributed by atoms with Crippen LogP contribution in [-0.4, -0.2) is 30.8 Å². The molecule has 1 aliphatic rings. The Morgan fingerprint density at radius 3 is 2.89 bits per heavy atom. The largest absolute Gasteiger partial charge is 0.377 e. The van der Waals surface area contributed by atoms with Gasteiger partial charge in [-0.2, -0.15) is 0 Å². The second kappa shape index (κ2) is 6.50. The second-order valence-electron chi connectivity index (χ2n) is 4.82. The number of halogens is 1. The molecular weight excluding hydrogens is 248 g/mol. The Bertz CT molecular complexity index is 382. The van der Waals surface area contributed by atoms with Crippen LogP contribution < -0.4 is 5.32 Å². The van der Waals surface area contributed by atoms with E-state index in [1.807, 2.05) is 13.1 Å². The highest BCUT2D eigenvalue weighted by Gasteiger charge is 2.36. The second-order valence-corrected chi connectivity index (χ2v) is 5.23. The van der Waals surface area contributed by atoms with Gasteiger partial charge in [0.2, 0.25) is 0 Å². The van der Waals surface area contributed by atoms with E-state index in [2.05, 4.69) is 17.2 Å². The first-order valence-electron chi connectivity index (χ1n) is 6.63. The zero-order chi connectivity index (χ0) is 13.0. The van der Waals surface area contributed by atoms with Gasteiger partial charge in [-0.1, -0.05) is 11.6 Å². The lowest BCUT2D eigenvalue weighted by Crippen LogP contribution is -2.42. The molecule has 2 atom stereocenters. The average molecular weight is 269 g/mol. The van der Waals surface area contributed by atoms with Gasteiger partial charge in [-0.25, -0.2) is 0 Å². The zero-order valence-corrected chi connectivity index (χ0v) is 11.8. The molecule has 0 spiro atoms. The molecule has 1 heterocycles. The Morgan fingerprint density at radius 1 is 1.56 bits per heavy atom. The van der Waals surface area contributed by atoms with Gasteiger partial charge in [0.15, 0.2) is 0 Å². The molecule has 2 rings (SSSR count). The third-order valence-corrected chi connectivity index (χ3v) is 3.85. The zero-order valence-electron chi connectivity index (χ0n) is 11.0. The van der Waals surface area contributed by atoms with Gasteiger partial charge < -0.3 is 10.1 Å². The van der Waals surface area contributed by atoms with Crippen LogP contribution in [0.3, 0.4) is 0 Å². The lowest BCUT2D eigenvalue weighted by atomic mass is 9.99. The molecule has 0 aliphatic heterocycles. The Balaban J connectivity index is 2.05. The average Bonchev–Trinajstić information content (AvgIpc) is 3.20. The number of pyridine rings is 1. The maximum absolute atomic E-state index is 6.17. The molecule has 1 fully saturated rings. The summed E-state index contributed by atoms with van der Waals surface area (Å²) in [6.45, 7) is 2.82. The van der Waals surface area contributed by atoms with Crippen LogP contribution in [0.5, 0.6) is 0 Å². The highest BCUT2D eigenvalue weighted by Crippen LogP contribution is 2.36. The first-order valence-corrected chi connectivity index (χ1v) is 7.01. The van der Waals surface area contributed by atoms with Gasteiger partial charge in [0, 0.05) is 25.0 Å². The van der Waals surface area contributed by atoms with E-state index < -0.39 is 0 Å².